The molecule has 8 nitrogen and oxygen atoms in total. The van der Waals surface area contributed by atoms with E-state index < -0.39 is 20.0 Å². The monoisotopic (exact) mass is 330 g/mol. The summed E-state index contributed by atoms with van der Waals surface area (Å²) in [5, 5.41) is 11.4. The van der Waals surface area contributed by atoms with Crippen molar-refractivity contribution in [1.82, 2.24) is 10.2 Å². The molecule has 0 amide bonds. The summed E-state index contributed by atoms with van der Waals surface area (Å²) in [4.78, 5) is -0.0286. The van der Waals surface area contributed by atoms with E-state index >= 15 is 0 Å². The Labute approximate surface area is 122 Å². The lowest BCUT2D eigenvalue weighted by Crippen LogP contribution is -2.15. The molecule has 0 saturated heterocycles. The molecule has 0 atom stereocenters. The van der Waals surface area contributed by atoms with E-state index in [2.05, 4.69) is 14.9 Å². The van der Waals surface area contributed by atoms with Gasteiger partial charge in [0.1, 0.15) is 4.90 Å². The average molecular weight is 330 g/mol. The molecule has 4 N–H and O–H groups in total. The molecule has 0 saturated carbocycles. The summed E-state index contributed by atoms with van der Waals surface area (Å²) >= 11 is 0. The SMILES string of the molecule is Cc1n[nH]c(C)c1S(=O)(=O)Nc1ccc(S(N)(=O)=O)cc1. The van der Waals surface area contributed by atoms with Crippen molar-refractivity contribution in [2.24, 2.45) is 5.14 Å². The van der Waals surface area contributed by atoms with Crippen LogP contribution in [0, 0.1) is 13.8 Å². The van der Waals surface area contributed by atoms with Gasteiger partial charge in [-0.25, -0.2) is 22.0 Å². The van der Waals surface area contributed by atoms with E-state index in [0.29, 0.717) is 11.4 Å². The standard InChI is InChI=1S/C11H14N4O4S2/c1-7-11(8(2)14-13-7)21(18,19)15-9-3-5-10(6-4-9)20(12,16)17/h3-6,15H,1-2H3,(H,13,14)(H2,12,16,17). The van der Waals surface area contributed by atoms with Gasteiger partial charge in [-0.2, -0.15) is 5.10 Å². The highest BCUT2D eigenvalue weighted by atomic mass is 32.2. The average Bonchev–Trinajstić information content (AvgIpc) is 2.68. The Kier molecular flexibility index (Phi) is 3.78. The fraction of sp³-hybridized carbons (Fsp3) is 0.182. The zero-order valence-corrected chi connectivity index (χ0v) is 12.9. The van der Waals surface area contributed by atoms with E-state index in [9.17, 15) is 16.8 Å². The minimum absolute atomic E-state index is 0.0676. The van der Waals surface area contributed by atoms with E-state index in [1.807, 2.05) is 0 Å². The van der Waals surface area contributed by atoms with Gasteiger partial charge < -0.3 is 0 Å². The van der Waals surface area contributed by atoms with Crippen LogP contribution in [-0.4, -0.2) is 27.0 Å². The fourth-order valence-corrected chi connectivity index (χ4v) is 3.80. The second-order valence-electron chi connectivity index (χ2n) is 4.44. The van der Waals surface area contributed by atoms with Crippen LogP contribution in [0.1, 0.15) is 11.4 Å². The first-order chi connectivity index (χ1) is 9.61. The summed E-state index contributed by atoms with van der Waals surface area (Å²) in [6.07, 6.45) is 0. The zero-order valence-electron chi connectivity index (χ0n) is 11.3. The molecule has 1 aromatic heterocycles. The molecule has 1 heterocycles. The minimum atomic E-state index is -3.81. The number of rotatable bonds is 4. The van der Waals surface area contributed by atoms with Gasteiger partial charge in [-0.15, -0.1) is 0 Å². The van der Waals surface area contributed by atoms with Crippen LogP contribution in [0.15, 0.2) is 34.1 Å². The van der Waals surface area contributed by atoms with Crippen molar-refractivity contribution < 1.29 is 16.8 Å². The summed E-state index contributed by atoms with van der Waals surface area (Å²) in [6, 6.07) is 5.09. The lowest BCUT2D eigenvalue weighted by Gasteiger charge is -2.08. The topological polar surface area (TPSA) is 135 Å². The maximum Gasteiger partial charge on any atom is 0.265 e. The number of aromatic amines is 1. The molecule has 114 valence electrons. The molecule has 10 heteroatoms. The minimum Gasteiger partial charge on any atom is -0.281 e. The number of hydrogen-bond donors (Lipinski definition) is 3. The van der Waals surface area contributed by atoms with E-state index in [1.54, 1.807) is 13.8 Å². The highest BCUT2D eigenvalue weighted by molar-refractivity contribution is 7.92. The van der Waals surface area contributed by atoms with Crippen molar-refractivity contribution in [1.29, 1.82) is 0 Å². The normalized spacial score (nSPS) is 12.3. The van der Waals surface area contributed by atoms with Crippen molar-refractivity contribution in [3.8, 4) is 0 Å². The Hall–Kier alpha value is -1.91. The first-order valence-corrected chi connectivity index (χ1v) is 8.81. The van der Waals surface area contributed by atoms with E-state index in [4.69, 9.17) is 5.14 Å². The first-order valence-electron chi connectivity index (χ1n) is 5.78. The molecular formula is C11H14N4O4S2. The van der Waals surface area contributed by atoms with Gasteiger partial charge in [0.2, 0.25) is 10.0 Å². The van der Waals surface area contributed by atoms with E-state index in [0.717, 1.165) is 0 Å². The molecule has 0 fully saturated rings. The number of nitrogens with zero attached hydrogens (tertiary/aromatic N) is 1. The molecule has 0 bridgehead atoms. The quantitative estimate of drug-likeness (QED) is 0.749. The number of sulfonamides is 2. The summed E-state index contributed by atoms with van der Waals surface area (Å²) in [7, 11) is -7.62. The lowest BCUT2D eigenvalue weighted by molar-refractivity contribution is 0.597. The number of nitrogens with one attached hydrogen (secondary N) is 2. The number of benzene rings is 1. The number of primary sulfonamides is 1. The summed E-state index contributed by atoms with van der Waals surface area (Å²) < 4.78 is 49.2. The number of nitrogens with two attached hydrogens (primary N) is 1. The molecule has 0 aliphatic heterocycles. The van der Waals surface area contributed by atoms with Gasteiger partial charge in [0.15, 0.2) is 0 Å². The Bertz CT molecular complexity index is 848. The number of H-pyrrole nitrogens is 1. The number of anilines is 1. The molecule has 0 unspecified atom stereocenters. The molecule has 0 spiro atoms. The van der Waals surface area contributed by atoms with Gasteiger partial charge in [0.25, 0.3) is 10.0 Å². The summed E-state index contributed by atoms with van der Waals surface area (Å²) in [5.41, 5.74) is 0.990. The van der Waals surface area contributed by atoms with E-state index in [1.165, 1.54) is 24.3 Å². The number of hydrogen-bond acceptors (Lipinski definition) is 5. The van der Waals surface area contributed by atoms with Crippen LogP contribution in [0.2, 0.25) is 0 Å². The lowest BCUT2D eigenvalue weighted by atomic mass is 10.3. The molecule has 21 heavy (non-hydrogen) atoms. The molecule has 0 aliphatic rings. The second-order valence-corrected chi connectivity index (χ2v) is 7.62. The van der Waals surface area contributed by atoms with Gasteiger partial charge in [-0.05, 0) is 38.1 Å². The Morgan fingerprint density at radius 1 is 1.10 bits per heavy atom. The highest BCUT2D eigenvalue weighted by Gasteiger charge is 2.22. The zero-order chi connectivity index (χ0) is 15.8. The van der Waals surface area contributed by atoms with Crippen molar-refractivity contribution in [3.63, 3.8) is 0 Å². The van der Waals surface area contributed by atoms with E-state index in [-0.39, 0.29) is 15.5 Å². The maximum atomic E-state index is 12.3. The molecule has 2 rings (SSSR count). The molecule has 0 radical (unpaired) electrons. The third kappa shape index (κ3) is 3.23. The van der Waals surface area contributed by atoms with Crippen LogP contribution < -0.4 is 9.86 Å². The Morgan fingerprint density at radius 3 is 2.10 bits per heavy atom. The maximum absolute atomic E-state index is 12.3. The van der Waals surface area contributed by atoms with Gasteiger partial charge in [-0.1, -0.05) is 0 Å². The van der Waals surface area contributed by atoms with Gasteiger partial charge in [0, 0.05) is 5.69 Å². The van der Waals surface area contributed by atoms with Gasteiger partial charge in [-0.3, -0.25) is 9.82 Å². The molecule has 2 aromatic rings. The van der Waals surface area contributed by atoms with Crippen LogP contribution in [0.4, 0.5) is 5.69 Å². The van der Waals surface area contributed by atoms with Crippen LogP contribution in [0.3, 0.4) is 0 Å². The summed E-state index contributed by atoms with van der Waals surface area (Å²) in [5.74, 6) is 0. The third-order valence-electron chi connectivity index (χ3n) is 2.76. The van der Waals surface area contributed by atoms with Crippen molar-refractivity contribution >= 4 is 25.7 Å². The predicted octanol–water partition coefficient (Wildman–Crippen LogP) is 0.475. The number of aryl methyl sites for hydroxylation is 2. The predicted molar refractivity (Wildman–Crippen MR) is 76.7 cm³/mol. The van der Waals surface area contributed by atoms with Crippen LogP contribution in [0.25, 0.3) is 0 Å². The molecular weight excluding hydrogens is 316 g/mol. The first kappa shape index (κ1) is 15.5. The largest absolute Gasteiger partial charge is 0.281 e. The third-order valence-corrected chi connectivity index (χ3v) is 5.34. The van der Waals surface area contributed by atoms with Crippen LogP contribution in [0.5, 0.6) is 0 Å². The van der Waals surface area contributed by atoms with Crippen molar-refractivity contribution in [2.75, 3.05) is 4.72 Å². The van der Waals surface area contributed by atoms with Crippen LogP contribution in [-0.2, 0) is 20.0 Å². The Balaban J connectivity index is 2.34. The van der Waals surface area contributed by atoms with Gasteiger partial charge >= 0.3 is 0 Å². The molecule has 0 aliphatic carbocycles. The second kappa shape index (κ2) is 5.13. The Morgan fingerprint density at radius 2 is 1.67 bits per heavy atom. The fourth-order valence-electron chi connectivity index (χ4n) is 1.86. The molecule has 1 aromatic carbocycles. The highest BCUT2D eigenvalue weighted by Crippen LogP contribution is 2.21. The van der Waals surface area contributed by atoms with Gasteiger partial charge in [0.05, 0.1) is 16.3 Å². The van der Waals surface area contributed by atoms with Crippen molar-refractivity contribution in [2.45, 2.75) is 23.6 Å². The van der Waals surface area contributed by atoms with Crippen LogP contribution >= 0.6 is 0 Å². The summed E-state index contributed by atoms with van der Waals surface area (Å²) in [6.45, 7) is 3.17. The number of aromatic nitrogens is 2. The van der Waals surface area contributed by atoms with Crippen molar-refractivity contribution in [3.05, 3.63) is 35.7 Å². The smallest absolute Gasteiger partial charge is 0.265 e.